The Balaban J connectivity index is 2.92. The molecular formula is C12H16Cl2O2. The van der Waals surface area contributed by atoms with Crippen LogP contribution in [0.25, 0.3) is 0 Å². The molecule has 16 heavy (non-hydrogen) atoms. The van der Waals surface area contributed by atoms with Crippen molar-refractivity contribution in [1.82, 2.24) is 0 Å². The fraction of sp³-hybridized carbons (Fsp3) is 0.500. The Hall–Kier alpha value is -0.440. The summed E-state index contributed by atoms with van der Waals surface area (Å²) in [6.07, 6.45) is 2.13. The van der Waals surface area contributed by atoms with Crippen LogP contribution >= 0.6 is 23.2 Å². The molecule has 1 rings (SSSR count). The number of hydrogen-bond donors (Lipinski definition) is 1. The fourth-order valence-corrected chi connectivity index (χ4v) is 2.04. The molecule has 1 N–H and O–H groups in total. The first-order chi connectivity index (χ1) is 7.60. The normalized spacial score (nSPS) is 12.6. The number of methoxy groups -OCH3 is 1. The van der Waals surface area contributed by atoms with E-state index in [1.807, 2.05) is 0 Å². The van der Waals surface area contributed by atoms with Crippen molar-refractivity contribution in [3.05, 3.63) is 27.7 Å². The van der Waals surface area contributed by atoms with Crippen molar-refractivity contribution in [3.63, 3.8) is 0 Å². The molecule has 0 amide bonds. The van der Waals surface area contributed by atoms with E-state index in [0.29, 0.717) is 27.8 Å². The van der Waals surface area contributed by atoms with Crippen molar-refractivity contribution >= 4 is 23.2 Å². The Labute approximate surface area is 106 Å². The number of aliphatic hydroxyl groups is 1. The molecule has 2 nitrogen and oxygen atoms in total. The van der Waals surface area contributed by atoms with Crippen LogP contribution < -0.4 is 4.74 Å². The summed E-state index contributed by atoms with van der Waals surface area (Å²) < 4.78 is 5.04. The van der Waals surface area contributed by atoms with E-state index in [9.17, 15) is 5.11 Å². The third-order valence-corrected chi connectivity index (χ3v) is 3.08. The summed E-state index contributed by atoms with van der Waals surface area (Å²) in [4.78, 5) is 0. The number of halogens is 2. The molecule has 0 spiro atoms. The quantitative estimate of drug-likeness (QED) is 0.861. The topological polar surface area (TPSA) is 29.5 Å². The Bertz CT molecular complexity index is 353. The maximum atomic E-state index is 9.94. The smallest absolute Gasteiger partial charge is 0.138 e. The number of rotatable bonds is 5. The van der Waals surface area contributed by atoms with Gasteiger partial charge in [-0.15, -0.1) is 0 Å². The van der Waals surface area contributed by atoms with Gasteiger partial charge in [-0.05, 0) is 12.5 Å². The van der Waals surface area contributed by atoms with Gasteiger partial charge in [0.2, 0.25) is 0 Å². The van der Waals surface area contributed by atoms with Gasteiger partial charge < -0.3 is 9.84 Å². The van der Waals surface area contributed by atoms with Gasteiger partial charge in [-0.1, -0.05) is 43.0 Å². The minimum atomic E-state index is -0.559. The van der Waals surface area contributed by atoms with Gasteiger partial charge in [0.25, 0.3) is 0 Å². The maximum absolute atomic E-state index is 9.94. The summed E-state index contributed by atoms with van der Waals surface area (Å²) >= 11 is 12.0. The molecule has 0 aromatic heterocycles. The van der Waals surface area contributed by atoms with Crippen LogP contribution in [0.2, 0.25) is 10.0 Å². The molecule has 1 atom stereocenters. The molecule has 0 fully saturated rings. The molecule has 0 saturated carbocycles. The first-order valence-electron chi connectivity index (χ1n) is 5.31. The average Bonchev–Trinajstić information content (AvgIpc) is 2.28. The summed E-state index contributed by atoms with van der Waals surface area (Å²) in [5, 5.41) is 10.9. The monoisotopic (exact) mass is 262 g/mol. The fourth-order valence-electron chi connectivity index (χ4n) is 1.51. The molecule has 90 valence electrons. The molecule has 0 radical (unpaired) electrons. The van der Waals surface area contributed by atoms with Crippen LogP contribution in [0.15, 0.2) is 12.1 Å². The van der Waals surface area contributed by atoms with Gasteiger partial charge in [-0.25, -0.2) is 0 Å². The van der Waals surface area contributed by atoms with Crippen LogP contribution in [0.4, 0.5) is 0 Å². The minimum Gasteiger partial charge on any atom is -0.495 e. The van der Waals surface area contributed by atoms with Crippen molar-refractivity contribution in [2.45, 2.75) is 32.3 Å². The third-order valence-electron chi connectivity index (χ3n) is 2.46. The molecular weight excluding hydrogens is 247 g/mol. The number of ether oxygens (including phenoxy) is 1. The zero-order chi connectivity index (χ0) is 12.1. The largest absolute Gasteiger partial charge is 0.495 e. The van der Waals surface area contributed by atoms with E-state index in [2.05, 4.69) is 6.92 Å². The molecule has 0 aliphatic rings. The van der Waals surface area contributed by atoms with E-state index < -0.39 is 6.10 Å². The molecule has 1 unspecified atom stereocenters. The molecule has 0 aliphatic heterocycles. The van der Waals surface area contributed by atoms with E-state index in [4.69, 9.17) is 27.9 Å². The van der Waals surface area contributed by atoms with E-state index in [1.54, 1.807) is 12.1 Å². The lowest BCUT2D eigenvalue weighted by Gasteiger charge is -2.14. The lowest BCUT2D eigenvalue weighted by molar-refractivity contribution is 0.164. The minimum absolute atomic E-state index is 0.470. The summed E-state index contributed by atoms with van der Waals surface area (Å²) in [5.74, 6) is 0.526. The van der Waals surface area contributed by atoms with Gasteiger partial charge >= 0.3 is 0 Å². The molecule has 0 bridgehead atoms. The van der Waals surface area contributed by atoms with Gasteiger partial charge in [-0.2, -0.15) is 0 Å². The maximum Gasteiger partial charge on any atom is 0.138 e. The van der Waals surface area contributed by atoms with E-state index in [-0.39, 0.29) is 0 Å². The van der Waals surface area contributed by atoms with Gasteiger partial charge in [0.15, 0.2) is 0 Å². The van der Waals surface area contributed by atoms with E-state index in [1.165, 1.54) is 7.11 Å². The van der Waals surface area contributed by atoms with Crippen LogP contribution in [0, 0.1) is 0 Å². The van der Waals surface area contributed by atoms with Gasteiger partial charge in [0, 0.05) is 11.6 Å². The van der Waals surface area contributed by atoms with E-state index >= 15 is 0 Å². The van der Waals surface area contributed by atoms with Crippen molar-refractivity contribution < 1.29 is 9.84 Å². The SMILES string of the molecule is CCCCC(O)c1cc(Cl)c(OC)cc1Cl. The predicted octanol–water partition coefficient (Wildman–Crippen LogP) is 4.23. The highest BCUT2D eigenvalue weighted by Crippen LogP contribution is 2.35. The van der Waals surface area contributed by atoms with Crippen LogP contribution in [0.1, 0.15) is 37.9 Å². The first-order valence-corrected chi connectivity index (χ1v) is 6.06. The number of unbranched alkanes of at least 4 members (excludes halogenated alkanes) is 1. The molecule has 1 aromatic carbocycles. The van der Waals surface area contributed by atoms with Crippen molar-refractivity contribution in [1.29, 1.82) is 0 Å². The second kappa shape index (κ2) is 6.33. The van der Waals surface area contributed by atoms with Gasteiger partial charge in [0.1, 0.15) is 5.75 Å². The van der Waals surface area contributed by atoms with Crippen molar-refractivity contribution in [3.8, 4) is 5.75 Å². The zero-order valence-corrected chi connectivity index (χ0v) is 11.0. The lowest BCUT2D eigenvalue weighted by Crippen LogP contribution is -1.99. The first kappa shape index (κ1) is 13.6. The van der Waals surface area contributed by atoms with E-state index in [0.717, 1.165) is 12.8 Å². The summed E-state index contributed by atoms with van der Waals surface area (Å²) in [7, 11) is 1.53. The van der Waals surface area contributed by atoms with Crippen molar-refractivity contribution in [2.24, 2.45) is 0 Å². The van der Waals surface area contributed by atoms with Crippen LogP contribution in [0.5, 0.6) is 5.75 Å². The average molecular weight is 263 g/mol. The summed E-state index contributed by atoms with van der Waals surface area (Å²) in [6, 6.07) is 3.30. The standard InChI is InChI=1S/C12H16Cl2O2/c1-3-4-5-11(15)8-6-10(14)12(16-2)7-9(8)13/h6-7,11,15H,3-5H2,1-2H3. The number of aliphatic hydroxyl groups excluding tert-OH is 1. The molecule has 0 aliphatic carbocycles. The predicted molar refractivity (Wildman–Crippen MR) is 67.5 cm³/mol. The molecule has 4 heteroatoms. The third kappa shape index (κ3) is 3.27. The Morgan fingerprint density at radius 3 is 2.56 bits per heavy atom. The number of hydrogen-bond acceptors (Lipinski definition) is 2. The Kier molecular flexibility index (Phi) is 5.39. The second-order valence-corrected chi connectivity index (χ2v) is 4.48. The Morgan fingerprint density at radius 2 is 2.00 bits per heavy atom. The highest BCUT2D eigenvalue weighted by molar-refractivity contribution is 6.34. The van der Waals surface area contributed by atoms with Gasteiger partial charge in [0.05, 0.1) is 23.3 Å². The second-order valence-electron chi connectivity index (χ2n) is 3.67. The van der Waals surface area contributed by atoms with Crippen molar-refractivity contribution in [2.75, 3.05) is 7.11 Å². The van der Waals surface area contributed by atoms with Crippen LogP contribution in [-0.4, -0.2) is 12.2 Å². The van der Waals surface area contributed by atoms with Gasteiger partial charge in [-0.3, -0.25) is 0 Å². The lowest BCUT2D eigenvalue weighted by atomic mass is 10.0. The highest BCUT2D eigenvalue weighted by atomic mass is 35.5. The molecule has 0 saturated heterocycles. The summed E-state index contributed by atoms with van der Waals surface area (Å²) in [6.45, 7) is 2.08. The molecule has 0 heterocycles. The summed E-state index contributed by atoms with van der Waals surface area (Å²) in [5.41, 5.74) is 0.668. The van der Waals surface area contributed by atoms with Crippen LogP contribution in [-0.2, 0) is 0 Å². The highest BCUT2D eigenvalue weighted by Gasteiger charge is 2.14. The number of benzene rings is 1. The van der Waals surface area contributed by atoms with Crippen LogP contribution in [0.3, 0.4) is 0 Å². The molecule has 1 aromatic rings. The Morgan fingerprint density at radius 1 is 1.31 bits per heavy atom. The zero-order valence-electron chi connectivity index (χ0n) is 9.46.